The highest BCUT2D eigenvalue weighted by Gasteiger charge is 2.25. The lowest BCUT2D eigenvalue weighted by Crippen LogP contribution is -2.33. The molecule has 0 saturated heterocycles. The Labute approximate surface area is 161 Å². The minimum atomic E-state index is -0.0693. The van der Waals surface area contributed by atoms with Gasteiger partial charge in [-0.1, -0.05) is 41.1 Å². The van der Waals surface area contributed by atoms with Gasteiger partial charge in [-0.25, -0.2) is 0 Å². The molecule has 0 radical (unpaired) electrons. The predicted octanol–water partition coefficient (Wildman–Crippen LogP) is 4.63. The van der Waals surface area contributed by atoms with Gasteiger partial charge in [-0.05, 0) is 36.9 Å². The number of carbonyl (C=O) groups is 1. The highest BCUT2D eigenvalue weighted by atomic mass is 79.9. The molecule has 1 aromatic heterocycles. The Morgan fingerprint density at radius 1 is 1.19 bits per heavy atom. The Morgan fingerprint density at radius 2 is 1.96 bits per heavy atom. The van der Waals surface area contributed by atoms with Gasteiger partial charge in [0.05, 0.1) is 11.1 Å². The standard InChI is InChI=1S/C21H20BrN3O/c1-2-25-12-11-19-17(13-25)20(16-5-3-4-6-18(16)24-19)21(26)23-15-9-7-14(22)8-10-15/h3-10H,2,11-13H2,1H3,(H,23,26). The molecule has 3 aromatic rings. The van der Waals surface area contributed by atoms with Crippen LogP contribution in [0.2, 0.25) is 0 Å². The van der Waals surface area contributed by atoms with Crippen LogP contribution >= 0.6 is 15.9 Å². The number of hydrogen-bond donors (Lipinski definition) is 1. The summed E-state index contributed by atoms with van der Waals surface area (Å²) in [6, 6.07) is 15.6. The van der Waals surface area contributed by atoms with Gasteiger partial charge in [0.2, 0.25) is 0 Å². The fourth-order valence-corrected chi connectivity index (χ4v) is 3.77. The van der Waals surface area contributed by atoms with Crippen molar-refractivity contribution >= 4 is 38.4 Å². The van der Waals surface area contributed by atoms with Gasteiger partial charge in [-0.15, -0.1) is 0 Å². The van der Waals surface area contributed by atoms with Gasteiger partial charge in [0.25, 0.3) is 5.91 Å². The van der Waals surface area contributed by atoms with Gasteiger partial charge < -0.3 is 5.32 Å². The molecule has 4 nitrogen and oxygen atoms in total. The van der Waals surface area contributed by atoms with E-state index in [1.54, 1.807) is 0 Å². The zero-order chi connectivity index (χ0) is 18.1. The van der Waals surface area contributed by atoms with Crippen molar-refractivity contribution in [1.29, 1.82) is 0 Å². The normalized spacial score (nSPS) is 14.2. The summed E-state index contributed by atoms with van der Waals surface area (Å²) in [6.45, 7) is 4.89. The van der Waals surface area contributed by atoms with Crippen LogP contribution in [0.5, 0.6) is 0 Å². The number of aromatic nitrogens is 1. The lowest BCUT2D eigenvalue weighted by Gasteiger charge is -2.29. The molecule has 26 heavy (non-hydrogen) atoms. The van der Waals surface area contributed by atoms with Crippen LogP contribution in [-0.2, 0) is 13.0 Å². The van der Waals surface area contributed by atoms with Crippen LogP contribution in [0.15, 0.2) is 53.0 Å². The first-order chi connectivity index (χ1) is 12.7. The van der Waals surface area contributed by atoms with Crippen molar-refractivity contribution in [3.8, 4) is 0 Å². The number of para-hydroxylation sites is 1. The predicted molar refractivity (Wildman–Crippen MR) is 108 cm³/mol. The molecule has 1 amide bonds. The smallest absolute Gasteiger partial charge is 0.256 e. The Kier molecular flexibility index (Phi) is 4.74. The number of pyridine rings is 1. The van der Waals surface area contributed by atoms with Crippen LogP contribution in [0, 0.1) is 0 Å². The van der Waals surface area contributed by atoms with E-state index < -0.39 is 0 Å². The minimum Gasteiger partial charge on any atom is -0.322 e. The summed E-state index contributed by atoms with van der Waals surface area (Å²) in [4.78, 5) is 20.4. The molecule has 132 valence electrons. The molecular weight excluding hydrogens is 390 g/mol. The lowest BCUT2D eigenvalue weighted by molar-refractivity contribution is 0.102. The third kappa shape index (κ3) is 3.24. The van der Waals surface area contributed by atoms with E-state index in [4.69, 9.17) is 4.98 Å². The summed E-state index contributed by atoms with van der Waals surface area (Å²) in [6.07, 6.45) is 0.882. The van der Waals surface area contributed by atoms with Crippen molar-refractivity contribution in [2.45, 2.75) is 19.9 Å². The van der Waals surface area contributed by atoms with Crippen molar-refractivity contribution < 1.29 is 4.79 Å². The Bertz CT molecular complexity index is 969. The second-order valence-electron chi connectivity index (χ2n) is 6.51. The molecule has 0 fully saturated rings. The number of halogens is 1. The van der Waals surface area contributed by atoms with Crippen molar-refractivity contribution in [1.82, 2.24) is 9.88 Å². The SMILES string of the molecule is CCN1CCc2nc3ccccc3c(C(=O)Nc3ccc(Br)cc3)c2C1. The van der Waals surface area contributed by atoms with Gasteiger partial charge in [-0.2, -0.15) is 0 Å². The molecule has 0 spiro atoms. The monoisotopic (exact) mass is 409 g/mol. The van der Waals surface area contributed by atoms with Gasteiger partial charge >= 0.3 is 0 Å². The molecule has 2 heterocycles. The van der Waals surface area contributed by atoms with Crippen molar-refractivity contribution in [3.63, 3.8) is 0 Å². The summed E-state index contributed by atoms with van der Waals surface area (Å²) in [5.41, 5.74) is 4.54. The molecular formula is C21H20BrN3O. The fourth-order valence-electron chi connectivity index (χ4n) is 3.50. The first kappa shape index (κ1) is 17.2. The van der Waals surface area contributed by atoms with E-state index in [1.807, 2.05) is 48.5 Å². The topological polar surface area (TPSA) is 45.2 Å². The highest BCUT2D eigenvalue weighted by Crippen LogP contribution is 2.29. The Hall–Kier alpha value is -2.24. The maximum absolute atomic E-state index is 13.2. The first-order valence-corrected chi connectivity index (χ1v) is 9.64. The van der Waals surface area contributed by atoms with E-state index in [-0.39, 0.29) is 5.91 Å². The van der Waals surface area contributed by atoms with Crippen LogP contribution in [0.4, 0.5) is 5.69 Å². The molecule has 0 aliphatic carbocycles. The van der Waals surface area contributed by atoms with Gasteiger partial charge in [0.1, 0.15) is 0 Å². The van der Waals surface area contributed by atoms with Crippen LogP contribution in [-0.4, -0.2) is 28.9 Å². The number of nitrogens with zero attached hydrogens (tertiary/aromatic N) is 2. The number of hydrogen-bond acceptors (Lipinski definition) is 3. The number of anilines is 1. The molecule has 5 heteroatoms. The zero-order valence-electron chi connectivity index (χ0n) is 14.6. The third-order valence-electron chi connectivity index (χ3n) is 4.90. The van der Waals surface area contributed by atoms with Crippen LogP contribution in [0.1, 0.15) is 28.5 Å². The van der Waals surface area contributed by atoms with Crippen LogP contribution in [0.25, 0.3) is 10.9 Å². The van der Waals surface area contributed by atoms with E-state index in [0.29, 0.717) is 0 Å². The summed E-state index contributed by atoms with van der Waals surface area (Å²) in [5, 5.41) is 3.97. The van der Waals surface area contributed by atoms with Crippen LogP contribution < -0.4 is 5.32 Å². The maximum atomic E-state index is 13.2. The quantitative estimate of drug-likeness (QED) is 0.685. The number of nitrogens with one attached hydrogen (secondary N) is 1. The number of carbonyl (C=O) groups excluding carboxylic acids is 1. The van der Waals surface area contributed by atoms with Crippen molar-refractivity contribution in [3.05, 3.63) is 69.8 Å². The Morgan fingerprint density at radius 3 is 2.73 bits per heavy atom. The van der Waals surface area contributed by atoms with Gasteiger partial charge in [-0.3, -0.25) is 14.7 Å². The lowest BCUT2D eigenvalue weighted by atomic mass is 9.95. The van der Waals surface area contributed by atoms with Crippen molar-refractivity contribution in [2.75, 3.05) is 18.4 Å². The summed E-state index contributed by atoms with van der Waals surface area (Å²) in [5.74, 6) is -0.0693. The van der Waals surface area contributed by atoms with E-state index in [1.165, 1.54) is 0 Å². The van der Waals surface area contributed by atoms with Gasteiger partial charge in [0.15, 0.2) is 0 Å². The van der Waals surface area contributed by atoms with Gasteiger partial charge in [0, 0.05) is 46.3 Å². The minimum absolute atomic E-state index is 0.0693. The number of amides is 1. The molecule has 0 unspecified atom stereocenters. The maximum Gasteiger partial charge on any atom is 0.256 e. The molecule has 2 aromatic carbocycles. The van der Waals surface area contributed by atoms with Crippen molar-refractivity contribution in [2.24, 2.45) is 0 Å². The molecule has 1 N–H and O–H groups in total. The second kappa shape index (κ2) is 7.17. The largest absolute Gasteiger partial charge is 0.322 e. The fraction of sp³-hybridized carbons (Fsp3) is 0.238. The third-order valence-corrected chi connectivity index (χ3v) is 5.43. The number of fused-ring (bicyclic) bond motifs is 2. The number of likely N-dealkylation sites (N-methyl/N-ethyl adjacent to an activating group) is 1. The van der Waals surface area contributed by atoms with Crippen LogP contribution in [0.3, 0.4) is 0 Å². The second-order valence-corrected chi connectivity index (χ2v) is 7.42. The van der Waals surface area contributed by atoms with E-state index in [2.05, 4.69) is 33.1 Å². The highest BCUT2D eigenvalue weighted by molar-refractivity contribution is 9.10. The van der Waals surface area contributed by atoms with E-state index in [0.717, 1.165) is 63.9 Å². The zero-order valence-corrected chi connectivity index (χ0v) is 16.2. The molecule has 0 bridgehead atoms. The summed E-state index contributed by atoms with van der Waals surface area (Å²) in [7, 11) is 0. The van der Waals surface area contributed by atoms with E-state index >= 15 is 0 Å². The summed E-state index contributed by atoms with van der Waals surface area (Å²) < 4.78 is 0.987. The molecule has 0 saturated carbocycles. The number of rotatable bonds is 3. The average molecular weight is 410 g/mol. The summed E-state index contributed by atoms with van der Waals surface area (Å²) >= 11 is 3.43. The van der Waals surface area contributed by atoms with E-state index in [9.17, 15) is 4.79 Å². The number of benzene rings is 2. The Balaban J connectivity index is 1.81. The first-order valence-electron chi connectivity index (χ1n) is 8.85. The molecule has 1 aliphatic rings. The molecule has 0 atom stereocenters. The molecule has 1 aliphatic heterocycles. The average Bonchev–Trinajstić information content (AvgIpc) is 2.67. The molecule has 4 rings (SSSR count).